The van der Waals surface area contributed by atoms with E-state index in [4.69, 9.17) is 4.74 Å². The van der Waals surface area contributed by atoms with Crippen LogP contribution in [0.4, 0.5) is 11.4 Å². The molecule has 154 valence electrons. The van der Waals surface area contributed by atoms with Crippen LogP contribution in [-0.4, -0.2) is 20.9 Å². The predicted molar refractivity (Wildman–Crippen MR) is 116 cm³/mol. The highest BCUT2D eigenvalue weighted by molar-refractivity contribution is 7.92. The molecule has 6 nitrogen and oxygen atoms in total. The molecule has 0 aliphatic carbocycles. The number of ether oxygens (including phenoxy) is 1. The Hall–Kier alpha value is -3.32. The summed E-state index contributed by atoms with van der Waals surface area (Å²) in [4.78, 5) is 12.6. The number of fused-ring (bicyclic) bond motifs is 1. The minimum atomic E-state index is -3.66. The summed E-state index contributed by atoms with van der Waals surface area (Å²) >= 11 is 0. The fourth-order valence-corrected chi connectivity index (χ4v) is 4.35. The van der Waals surface area contributed by atoms with E-state index >= 15 is 0 Å². The molecule has 0 saturated carbocycles. The zero-order chi connectivity index (χ0) is 21.1. The smallest absolute Gasteiger partial charge is 0.261 e. The average molecular weight is 423 g/mol. The maximum Gasteiger partial charge on any atom is 0.261 e. The molecule has 1 aliphatic heterocycles. The highest BCUT2D eigenvalue weighted by Gasteiger charge is 2.15. The maximum absolute atomic E-state index is 12.5. The average Bonchev–Trinajstić information content (AvgIpc) is 3.17. The van der Waals surface area contributed by atoms with Gasteiger partial charge in [-0.3, -0.25) is 9.52 Å². The van der Waals surface area contributed by atoms with Gasteiger partial charge in [0, 0.05) is 17.8 Å². The normalized spacial score (nSPS) is 12.7. The SMILES string of the molecule is Cc1ccc(S(=O)(=O)Nc2ccc(NC(=O)Cc3ccc4c(c3)CCO4)cc2)cc1. The molecular weight excluding hydrogens is 400 g/mol. The van der Waals surface area contributed by atoms with Crippen LogP contribution in [0.1, 0.15) is 16.7 Å². The number of aryl methyl sites for hydroxylation is 1. The van der Waals surface area contributed by atoms with Crippen molar-refractivity contribution in [3.8, 4) is 5.75 Å². The molecule has 0 fully saturated rings. The molecule has 0 spiro atoms. The van der Waals surface area contributed by atoms with Crippen LogP contribution < -0.4 is 14.8 Å². The van der Waals surface area contributed by atoms with Crippen LogP contribution >= 0.6 is 0 Å². The van der Waals surface area contributed by atoms with E-state index in [1.165, 1.54) is 0 Å². The summed E-state index contributed by atoms with van der Waals surface area (Å²) in [5.74, 6) is 0.754. The standard InChI is InChI=1S/C23H22N2O4S/c1-16-2-9-21(10-3-16)30(27,28)25-20-7-5-19(6-8-20)24-23(26)15-17-4-11-22-18(14-17)12-13-29-22/h2-11,14,25H,12-13,15H2,1H3,(H,24,26). The van der Waals surface area contributed by atoms with Gasteiger partial charge in [0.05, 0.1) is 17.9 Å². The number of anilines is 2. The summed E-state index contributed by atoms with van der Waals surface area (Å²) in [7, 11) is -3.66. The first-order valence-corrected chi connectivity index (χ1v) is 11.1. The van der Waals surface area contributed by atoms with E-state index in [9.17, 15) is 13.2 Å². The number of carbonyl (C=O) groups is 1. The van der Waals surface area contributed by atoms with Crippen molar-refractivity contribution in [1.82, 2.24) is 0 Å². The Balaban J connectivity index is 1.37. The maximum atomic E-state index is 12.5. The van der Waals surface area contributed by atoms with E-state index in [-0.39, 0.29) is 17.2 Å². The van der Waals surface area contributed by atoms with Crippen LogP contribution in [0, 0.1) is 6.92 Å². The van der Waals surface area contributed by atoms with E-state index in [0.29, 0.717) is 18.0 Å². The van der Waals surface area contributed by atoms with Gasteiger partial charge in [0.1, 0.15) is 5.75 Å². The van der Waals surface area contributed by atoms with E-state index in [1.54, 1.807) is 48.5 Å². The lowest BCUT2D eigenvalue weighted by Crippen LogP contribution is -2.15. The van der Waals surface area contributed by atoms with Crippen LogP contribution in [-0.2, 0) is 27.7 Å². The number of rotatable bonds is 6. The monoisotopic (exact) mass is 422 g/mol. The molecule has 3 aromatic rings. The third-order valence-corrected chi connectivity index (χ3v) is 6.27. The summed E-state index contributed by atoms with van der Waals surface area (Å²) in [5, 5.41) is 2.84. The lowest BCUT2D eigenvalue weighted by molar-refractivity contribution is -0.115. The van der Waals surface area contributed by atoms with Crippen molar-refractivity contribution >= 4 is 27.3 Å². The molecular formula is C23H22N2O4S. The van der Waals surface area contributed by atoms with Crippen LogP contribution in [0.2, 0.25) is 0 Å². The summed E-state index contributed by atoms with van der Waals surface area (Å²) in [6, 6.07) is 19.0. The second-order valence-electron chi connectivity index (χ2n) is 7.26. The summed E-state index contributed by atoms with van der Waals surface area (Å²) in [6.45, 7) is 2.58. The van der Waals surface area contributed by atoms with Crippen molar-refractivity contribution in [3.63, 3.8) is 0 Å². The van der Waals surface area contributed by atoms with Crippen molar-refractivity contribution in [2.45, 2.75) is 24.7 Å². The molecule has 0 saturated heterocycles. The Morgan fingerprint density at radius 3 is 2.40 bits per heavy atom. The minimum Gasteiger partial charge on any atom is -0.493 e. The Morgan fingerprint density at radius 1 is 0.967 bits per heavy atom. The van der Waals surface area contributed by atoms with Crippen molar-refractivity contribution in [3.05, 3.63) is 83.4 Å². The molecule has 0 aromatic heterocycles. The largest absolute Gasteiger partial charge is 0.493 e. The van der Waals surface area contributed by atoms with Gasteiger partial charge in [0.15, 0.2) is 0 Å². The summed E-state index contributed by atoms with van der Waals surface area (Å²) in [5.41, 5.74) is 4.07. The Labute approximate surface area is 176 Å². The topological polar surface area (TPSA) is 84.5 Å². The van der Waals surface area contributed by atoms with E-state index in [1.807, 2.05) is 25.1 Å². The molecule has 4 rings (SSSR count). The minimum absolute atomic E-state index is 0.137. The van der Waals surface area contributed by atoms with Gasteiger partial charge in [0.25, 0.3) is 10.0 Å². The van der Waals surface area contributed by atoms with Crippen molar-refractivity contribution in [2.24, 2.45) is 0 Å². The molecule has 7 heteroatoms. The van der Waals surface area contributed by atoms with Crippen LogP contribution in [0.25, 0.3) is 0 Å². The quantitative estimate of drug-likeness (QED) is 0.631. The second kappa shape index (κ2) is 8.20. The van der Waals surface area contributed by atoms with E-state index < -0.39 is 10.0 Å². The van der Waals surface area contributed by atoms with Crippen molar-refractivity contribution < 1.29 is 17.9 Å². The Morgan fingerprint density at radius 2 is 1.67 bits per heavy atom. The van der Waals surface area contributed by atoms with Crippen LogP contribution in [0.3, 0.4) is 0 Å². The number of nitrogens with one attached hydrogen (secondary N) is 2. The molecule has 0 radical (unpaired) electrons. The van der Waals surface area contributed by atoms with Gasteiger partial charge in [-0.2, -0.15) is 0 Å². The third-order valence-electron chi connectivity index (χ3n) is 4.87. The first-order chi connectivity index (χ1) is 14.4. The molecule has 0 unspecified atom stereocenters. The molecule has 1 heterocycles. The Bertz CT molecular complexity index is 1170. The first-order valence-electron chi connectivity index (χ1n) is 9.63. The second-order valence-corrected chi connectivity index (χ2v) is 8.94. The van der Waals surface area contributed by atoms with Crippen molar-refractivity contribution in [1.29, 1.82) is 0 Å². The number of sulfonamides is 1. The van der Waals surface area contributed by atoms with Gasteiger partial charge in [-0.15, -0.1) is 0 Å². The Kier molecular flexibility index (Phi) is 5.46. The number of hydrogen-bond acceptors (Lipinski definition) is 4. The molecule has 1 amide bonds. The zero-order valence-corrected chi connectivity index (χ0v) is 17.3. The molecule has 30 heavy (non-hydrogen) atoms. The van der Waals surface area contributed by atoms with E-state index in [2.05, 4.69) is 10.0 Å². The summed E-state index contributed by atoms with van der Waals surface area (Å²) in [6.07, 6.45) is 1.12. The number of carbonyl (C=O) groups excluding carboxylic acids is 1. The van der Waals surface area contributed by atoms with Crippen LogP contribution in [0.5, 0.6) is 5.75 Å². The fraction of sp³-hybridized carbons (Fsp3) is 0.174. The lowest BCUT2D eigenvalue weighted by Gasteiger charge is -2.10. The highest BCUT2D eigenvalue weighted by Crippen LogP contribution is 2.26. The summed E-state index contributed by atoms with van der Waals surface area (Å²) < 4.78 is 33.0. The number of hydrogen-bond donors (Lipinski definition) is 2. The van der Waals surface area contributed by atoms with Gasteiger partial charge in [-0.1, -0.05) is 29.8 Å². The number of amides is 1. The highest BCUT2D eigenvalue weighted by atomic mass is 32.2. The zero-order valence-electron chi connectivity index (χ0n) is 16.5. The van der Waals surface area contributed by atoms with Gasteiger partial charge in [-0.05, 0) is 60.5 Å². The third kappa shape index (κ3) is 4.63. The first kappa shape index (κ1) is 20.0. The van der Waals surface area contributed by atoms with Gasteiger partial charge >= 0.3 is 0 Å². The van der Waals surface area contributed by atoms with Gasteiger partial charge in [-0.25, -0.2) is 8.42 Å². The number of benzene rings is 3. The van der Waals surface area contributed by atoms with Crippen molar-refractivity contribution in [2.75, 3.05) is 16.6 Å². The molecule has 2 N–H and O–H groups in total. The predicted octanol–water partition coefficient (Wildman–Crippen LogP) is 3.91. The van der Waals surface area contributed by atoms with Gasteiger partial charge in [0.2, 0.25) is 5.91 Å². The fourth-order valence-electron chi connectivity index (χ4n) is 3.29. The van der Waals surface area contributed by atoms with E-state index in [0.717, 1.165) is 28.9 Å². The van der Waals surface area contributed by atoms with Crippen LogP contribution in [0.15, 0.2) is 71.6 Å². The molecule has 3 aromatic carbocycles. The lowest BCUT2D eigenvalue weighted by atomic mass is 10.1. The molecule has 0 atom stereocenters. The molecule has 1 aliphatic rings. The molecule has 0 bridgehead atoms. The van der Waals surface area contributed by atoms with Gasteiger partial charge < -0.3 is 10.1 Å².